The van der Waals surface area contributed by atoms with Gasteiger partial charge in [-0.25, -0.2) is 4.39 Å². The minimum Gasteiger partial charge on any atom is -0.497 e. The molecule has 4 aromatic rings. The fourth-order valence-corrected chi connectivity index (χ4v) is 4.48. The maximum Gasteiger partial charge on any atom is 0.123 e. The van der Waals surface area contributed by atoms with Crippen molar-refractivity contribution in [1.29, 1.82) is 0 Å². The van der Waals surface area contributed by atoms with Crippen LogP contribution in [0.3, 0.4) is 0 Å². The zero-order chi connectivity index (χ0) is 24.1. The molecule has 174 valence electrons. The first-order valence-corrected chi connectivity index (χ1v) is 12.1. The number of rotatable bonds is 8. The molecule has 0 spiro atoms. The lowest BCUT2D eigenvalue weighted by Crippen LogP contribution is -1.99. The maximum absolute atomic E-state index is 14.2. The van der Waals surface area contributed by atoms with Gasteiger partial charge >= 0.3 is 0 Å². The molecule has 4 rings (SSSR count). The lowest BCUT2D eigenvalue weighted by Gasteiger charge is -2.16. The number of hydrogen-bond donors (Lipinski definition) is 0. The zero-order valence-electron chi connectivity index (χ0n) is 20.5. The first-order valence-electron chi connectivity index (χ1n) is 12.1. The average molecular weight is 453 g/mol. The second-order valence-electron chi connectivity index (χ2n) is 9.38. The molecule has 0 N–H and O–H groups in total. The molecule has 0 saturated heterocycles. The summed E-state index contributed by atoms with van der Waals surface area (Å²) in [5, 5.41) is 0. The smallest absolute Gasteiger partial charge is 0.123 e. The summed E-state index contributed by atoms with van der Waals surface area (Å²) in [6.07, 6.45) is 1.77. The molecule has 34 heavy (non-hydrogen) atoms. The minimum absolute atomic E-state index is 0.175. The van der Waals surface area contributed by atoms with Crippen molar-refractivity contribution in [2.24, 2.45) is 0 Å². The van der Waals surface area contributed by atoms with E-state index in [-0.39, 0.29) is 5.82 Å². The maximum atomic E-state index is 14.2. The van der Waals surface area contributed by atoms with Crippen molar-refractivity contribution in [2.75, 3.05) is 7.11 Å². The molecule has 0 heterocycles. The van der Waals surface area contributed by atoms with Crippen LogP contribution in [0.4, 0.5) is 4.39 Å². The molecule has 2 heteroatoms. The van der Waals surface area contributed by atoms with Crippen LogP contribution in [0.1, 0.15) is 55.7 Å². The Morgan fingerprint density at radius 1 is 0.706 bits per heavy atom. The summed E-state index contributed by atoms with van der Waals surface area (Å²) in [7, 11) is 1.69. The van der Waals surface area contributed by atoms with E-state index >= 15 is 0 Å². The van der Waals surface area contributed by atoms with Gasteiger partial charge < -0.3 is 4.74 Å². The van der Waals surface area contributed by atoms with Gasteiger partial charge in [-0.15, -0.1) is 0 Å². The number of methoxy groups -OCH3 is 1. The van der Waals surface area contributed by atoms with Crippen LogP contribution in [0.2, 0.25) is 0 Å². The van der Waals surface area contributed by atoms with Gasteiger partial charge in [0, 0.05) is 0 Å². The first-order chi connectivity index (χ1) is 16.4. The van der Waals surface area contributed by atoms with Crippen LogP contribution in [0.15, 0.2) is 91.0 Å². The Kier molecular flexibility index (Phi) is 7.47. The third-order valence-electron chi connectivity index (χ3n) is 6.64. The number of ether oxygens (including phenoxy) is 1. The molecule has 0 radical (unpaired) electrons. The summed E-state index contributed by atoms with van der Waals surface area (Å²) in [4.78, 5) is 0. The number of halogens is 1. The van der Waals surface area contributed by atoms with Crippen molar-refractivity contribution in [3.05, 3.63) is 114 Å². The lowest BCUT2D eigenvalue weighted by molar-refractivity contribution is 0.415. The van der Waals surface area contributed by atoms with Crippen molar-refractivity contribution in [3.63, 3.8) is 0 Å². The van der Waals surface area contributed by atoms with E-state index < -0.39 is 0 Å². The molecule has 1 atom stereocenters. The van der Waals surface area contributed by atoms with Gasteiger partial charge in [0.1, 0.15) is 11.6 Å². The Hall–Kier alpha value is -3.39. The Bertz CT molecular complexity index is 1260. The van der Waals surface area contributed by atoms with Gasteiger partial charge in [-0.05, 0) is 87.9 Å². The van der Waals surface area contributed by atoms with Crippen molar-refractivity contribution in [1.82, 2.24) is 0 Å². The lowest BCUT2D eigenvalue weighted by atomic mass is 9.89. The molecule has 1 nitrogen and oxygen atoms in total. The van der Waals surface area contributed by atoms with Crippen LogP contribution < -0.4 is 4.74 Å². The van der Waals surface area contributed by atoms with Crippen molar-refractivity contribution in [2.45, 2.75) is 45.4 Å². The molecular weight excluding hydrogens is 419 g/mol. The highest BCUT2D eigenvalue weighted by atomic mass is 19.1. The van der Waals surface area contributed by atoms with Gasteiger partial charge in [0.2, 0.25) is 0 Å². The van der Waals surface area contributed by atoms with Gasteiger partial charge in [-0.1, -0.05) is 87.5 Å². The third kappa shape index (κ3) is 5.56. The van der Waals surface area contributed by atoms with E-state index in [0.717, 1.165) is 40.8 Å². The van der Waals surface area contributed by atoms with Crippen molar-refractivity contribution in [3.8, 4) is 28.0 Å². The molecule has 0 aliphatic heterocycles. The van der Waals surface area contributed by atoms with E-state index in [2.05, 4.69) is 81.4 Å². The molecular formula is C32H33FO. The van der Waals surface area contributed by atoms with Gasteiger partial charge in [-0.3, -0.25) is 0 Å². The fourth-order valence-electron chi connectivity index (χ4n) is 4.48. The summed E-state index contributed by atoms with van der Waals surface area (Å²) >= 11 is 0. The first kappa shape index (κ1) is 23.8. The van der Waals surface area contributed by atoms with Gasteiger partial charge in [-0.2, -0.15) is 0 Å². The number of hydrogen-bond acceptors (Lipinski definition) is 1. The van der Waals surface area contributed by atoms with E-state index in [4.69, 9.17) is 4.74 Å². The highest BCUT2D eigenvalue weighted by molar-refractivity contribution is 5.68. The molecule has 0 saturated carbocycles. The monoisotopic (exact) mass is 452 g/mol. The topological polar surface area (TPSA) is 9.23 Å². The fraction of sp³-hybridized carbons (Fsp3) is 0.250. The Morgan fingerprint density at radius 2 is 1.35 bits per heavy atom. The summed E-state index contributed by atoms with van der Waals surface area (Å²) in [6.45, 7) is 6.65. The summed E-state index contributed by atoms with van der Waals surface area (Å²) in [5.41, 5.74) is 8.27. The predicted molar refractivity (Wildman–Crippen MR) is 141 cm³/mol. The van der Waals surface area contributed by atoms with Crippen molar-refractivity contribution >= 4 is 0 Å². The second kappa shape index (κ2) is 10.7. The molecule has 4 aromatic carbocycles. The molecule has 0 aliphatic rings. The summed E-state index contributed by atoms with van der Waals surface area (Å²) in [5.74, 6) is 1.49. The molecule has 1 unspecified atom stereocenters. The number of aryl methyl sites for hydroxylation is 1. The van der Waals surface area contributed by atoms with Crippen LogP contribution in [0, 0.1) is 5.82 Å². The van der Waals surface area contributed by atoms with E-state index in [1.54, 1.807) is 19.2 Å². The molecule has 0 aromatic heterocycles. The Labute approximate surface area is 203 Å². The average Bonchev–Trinajstić information content (AvgIpc) is 2.87. The summed E-state index contributed by atoms with van der Waals surface area (Å²) in [6, 6.07) is 30.7. The van der Waals surface area contributed by atoms with E-state index in [9.17, 15) is 4.39 Å². The minimum atomic E-state index is -0.175. The summed E-state index contributed by atoms with van der Waals surface area (Å²) < 4.78 is 19.6. The van der Waals surface area contributed by atoms with E-state index in [1.807, 2.05) is 18.2 Å². The van der Waals surface area contributed by atoms with Crippen LogP contribution in [-0.4, -0.2) is 7.11 Å². The second-order valence-corrected chi connectivity index (χ2v) is 9.38. The Morgan fingerprint density at radius 3 is 2.09 bits per heavy atom. The highest BCUT2D eigenvalue weighted by Crippen LogP contribution is 2.32. The zero-order valence-corrected chi connectivity index (χ0v) is 20.5. The molecule has 0 fully saturated rings. The largest absolute Gasteiger partial charge is 0.497 e. The van der Waals surface area contributed by atoms with Crippen molar-refractivity contribution < 1.29 is 9.13 Å². The van der Waals surface area contributed by atoms with Gasteiger partial charge in [0.05, 0.1) is 7.11 Å². The Balaban J connectivity index is 1.55. The standard InChI is InChI=1S/C32H33FO/c1-22(2)24-8-5-12-28(18-24)32-17-16-30(33)20-29(32)15-14-23(3)25-9-6-10-26(19-25)27-11-7-13-31(21-27)34-4/h5-13,16-23H,14-15H2,1-4H3. The normalized spacial score (nSPS) is 12.1. The highest BCUT2D eigenvalue weighted by Gasteiger charge is 2.12. The van der Waals surface area contributed by atoms with Gasteiger partial charge in [0.25, 0.3) is 0 Å². The van der Waals surface area contributed by atoms with E-state index in [1.165, 1.54) is 16.7 Å². The van der Waals surface area contributed by atoms with Crippen LogP contribution >= 0.6 is 0 Å². The van der Waals surface area contributed by atoms with Gasteiger partial charge in [0.15, 0.2) is 0 Å². The molecule has 0 bridgehead atoms. The quantitative estimate of drug-likeness (QED) is 0.259. The molecule has 0 amide bonds. The SMILES string of the molecule is COc1cccc(-c2cccc(C(C)CCc3cc(F)ccc3-c3cccc(C(C)C)c3)c2)c1. The predicted octanol–water partition coefficient (Wildman–Crippen LogP) is 9.03. The number of benzene rings is 4. The van der Waals surface area contributed by atoms with Crippen LogP contribution in [0.5, 0.6) is 5.75 Å². The third-order valence-corrected chi connectivity index (χ3v) is 6.64. The molecule has 0 aliphatic carbocycles. The van der Waals surface area contributed by atoms with Crippen LogP contribution in [-0.2, 0) is 6.42 Å². The van der Waals surface area contributed by atoms with E-state index in [0.29, 0.717) is 11.8 Å². The van der Waals surface area contributed by atoms with Crippen LogP contribution in [0.25, 0.3) is 22.3 Å².